The molecular formula is C15H20N2. The summed E-state index contributed by atoms with van der Waals surface area (Å²) in [4.78, 5) is 0. The van der Waals surface area contributed by atoms with Gasteiger partial charge in [-0.25, -0.2) is 0 Å². The first-order valence-electron chi connectivity index (χ1n) is 6.57. The van der Waals surface area contributed by atoms with Crippen LogP contribution in [0, 0.1) is 12.8 Å². The third-order valence-corrected chi connectivity index (χ3v) is 4.08. The van der Waals surface area contributed by atoms with Crippen molar-refractivity contribution < 1.29 is 0 Å². The van der Waals surface area contributed by atoms with E-state index in [0.29, 0.717) is 6.54 Å². The molecule has 0 bridgehead atoms. The topological polar surface area (TPSA) is 30.9 Å². The fraction of sp³-hybridized carbons (Fsp3) is 0.467. The third-order valence-electron chi connectivity index (χ3n) is 4.08. The van der Waals surface area contributed by atoms with Crippen molar-refractivity contribution in [2.45, 2.75) is 39.3 Å². The van der Waals surface area contributed by atoms with Crippen LogP contribution in [0.3, 0.4) is 0 Å². The summed E-state index contributed by atoms with van der Waals surface area (Å²) in [5.41, 5.74) is 9.91. The van der Waals surface area contributed by atoms with E-state index < -0.39 is 0 Å². The van der Waals surface area contributed by atoms with Crippen LogP contribution in [0.1, 0.15) is 30.5 Å². The van der Waals surface area contributed by atoms with Crippen LogP contribution in [0.15, 0.2) is 24.3 Å². The van der Waals surface area contributed by atoms with E-state index in [2.05, 4.69) is 35.8 Å². The summed E-state index contributed by atoms with van der Waals surface area (Å²) in [5, 5.41) is 1.34. The lowest BCUT2D eigenvalue weighted by Crippen LogP contribution is -2.20. The number of aromatic nitrogens is 1. The van der Waals surface area contributed by atoms with E-state index in [9.17, 15) is 0 Å². The smallest absolute Gasteiger partial charge is 0.0512 e. The Morgan fingerprint density at radius 3 is 2.82 bits per heavy atom. The molecular weight excluding hydrogens is 208 g/mol. The molecule has 0 amide bonds. The minimum atomic E-state index is 0.640. The average molecular weight is 228 g/mol. The number of hydrogen-bond donors (Lipinski definition) is 1. The standard InChI is InChI=1S/C15H20N2/c1-11-4-2-7-13-8-14(9-16)17(15(11)13)10-12-5-3-6-12/h2,4,7-8,12H,3,5-6,9-10,16H2,1H3. The lowest BCUT2D eigenvalue weighted by Gasteiger charge is -2.27. The highest BCUT2D eigenvalue weighted by atomic mass is 15.0. The maximum atomic E-state index is 5.88. The zero-order valence-electron chi connectivity index (χ0n) is 10.4. The van der Waals surface area contributed by atoms with E-state index in [1.165, 1.54) is 41.4 Å². The fourth-order valence-electron chi connectivity index (χ4n) is 2.88. The summed E-state index contributed by atoms with van der Waals surface area (Å²) < 4.78 is 2.45. The number of aryl methyl sites for hydroxylation is 1. The molecule has 0 atom stereocenters. The number of rotatable bonds is 3. The van der Waals surface area contributed by atoms with Gasteiger partial charge >= 0.3 is 0 Å². The van der Waals surface area contributed by atoms with Crippen LogP contribution in [-0.4, -0.2) is 4.57 Å². The van der Waals surface area contributed by atoms with Crippen molar-refractivity contribution in [2.24, 2.45) is 11.7 Å². The molecule has 2 nitrogen and oxygen atoms in total. The molecule has 90 valence electrons. The van der Waals surface area contributed by atoms with Gasteiger partial charge in [-0.1, -0.05) is 24.6 Å². The molecule has 1 aliphatic carbocycles. The first kappa shape index (κ1) is 10.8. The number of hydrogen-bond acceptors (Lipinski definition) is 1. The monoisotopic (exact) mass is 228 g/mol. The van der Waals surface area contributed by atoms with Gasteiger partial charge in [0.1, 0.15) is 0 Å². The van der Waals surface area contributed by atoms with E-state index in [4.69, 9.17) is 5.73 Å². The second kappa shape index (κ2) is 4.19. The van der Waals surface area contributed by atoms with Crippen LogP contribution >= 0.6 is 0 Å². The lowest BCUT2D eigenvalue weighted by molar-refractivity contribution is 0.277. The second-order valence-electron chi connectivity index (χ2n) is 5.26. The number of para-hydroxylation sites is 1. The van der Waals surface area contributed by atoms with Gasteiger partial charge < -0.3 is 10.3 Å². The number of nitrogens with zero attached hydrogens (tertiary/aromatic N) is 1. The Bertz CT molecular complexity index is 535. The molecule has 1 heterocycles. The van der Waals surface area contributed by atoms with E-state index in [0.717, 1.165) is 12.5 Å². The highest BCUT2D eigenvalue weighted by molar-refractivity contribution is 5.84. The first-order valence-corrected chi connectivity index (χ1v) is 6.57. The molecule has 0 radical (unpaired) electrons. The molecule has 0 aliphatic heterocycles. The Morgan fingerprint density at radius 2 is 2.18 bits per heavy atom. The third kappa shape index (κ3) is 1.77. The predicted molar refractivity (Wildman–Crippen MR) is 71.9 cm³/mol. The van der Waals surface area contributed by atoms with E-state index in [1.54, 1.807) is 0 Å². The maximum absolute atomic E-state index is 5.88. The lowest BCUT2D eigenvalue weighted by atomic mass is 9.85. The molecule has 17 heavy (non-hydrogen) atoms. The molecule has 1 fully saturated rings. The summed E-state index contributed by atoms with van der Waals surface area (Å²) in [6, 6.07) is 8.77. The Hall–Kier alpha value is -1.28. The number of benzene rings is 1. The van der Waals surface area contributed by atoms with Gasteiger partial charge in [0.2, 0.25) is 0 Å². The Morgan fingerprint density at radius 1 is 1.35 bits per heavy atom. The Kier molecular flexibility index (Phi) is 2.67. The van der Waals surface area contributed by atoms with Crippen molar-refractivity contribution >= 4 is 10.9 Å². The van der Waals surface area contributed by atoms with Crippen LogP contribution < -0.4 is 5.73 Å². The first-order chi connectivity index (χ1) is 8.29. The van der Waals surface area contributed by atoms with Gasteiger partial charge in [-0.15, -0.1) is 0 Å². The zero-order chi connectivity index (χ0) is 11.8. The van der Waals surface area contributed by atoms with Crippen LogP contribution in [-0.2, 0) is 13.1 Å². The van der Waals surface area contributed by atoms with Gasteiger partial charge in [-0.05, 0) is 37.3 Å². The highest BCUT2D eigenvalue weighted by Gasteiger charge is 2.20. The van der Waals surface area contributed by atoms with Gasteiger partial charge in [0, 0.05) is 24.2 Å². The van der Waals surface area contributed by atoms with E-state index in [-0.39, 0.29) is 0 Å². The predicted octanol–water partition coefficient (Wildman–Crippen LogP) is 3.21. The van der Waals surface area contributed by atoms with E-state index >= 15 is 0 Å². The van der Waals surface area contributed by atoms with Crippen LogP contribution in [0.4, 0.5) is 0 Å². The minimum Gasteiger partial charge on any atom is -0.343 e. The van der Waals surface area contributed by atoms with Crippen molar-refractivity contribution in [3.63, 3.8) is 0 Å². The van der Waals surface area contributed by atoms with Crippen molar-refractivity contribution in [2.75, 3.05) is 0 Å². The Balaban J connectivity index is 2.10. The van der Waals surface area contributed by atoms with Crippen molar-refractivity contribution in [1.29, 1.82) is 0 Å². The second-order valence-corrected chi connectivity index (χ2v) is 5.26. The maximum Gasteiger partial charge on any atom is 0.0512 e. The molecule has 0 unspecified atom stereocenters. The van der Waals surface area contributed by atoms with Crippen LogP contribution in [0.2, 0.25) is 0 Å². The summed E-state index contributed by atoms with van der Waals surface area (Å²) >= 11 is 0. The van der Waals surface area contributed by atoms with Gasteiger partial charge in [0.25, 0.3) is 0 Å². The van der Waals surface area contributed by atoms with Gasteiger partial charge in [-0.2, -0.15) is 0 Å². The molecule has 3 rings (SSSR count). The average Bonchev–Trinajstić information content (AvgIpc) is 2.63. The SMILES string of the molecule is Cc1cccc2cc(CN)n(CC3CCC3)c12. The van der Waals surface area contributed by atoms with E-state index in [1.807, 2.05) is 0 Å². The molecule has 0 saturated heterocycles. The molecule has 1 saturated carbocycles. The quantitative estimate of drug-likeness (QED) is 0.859. The molecule has 1 aromatic heterocycles. The summed E-state index contributed by atoms with van der Waals surface area (Å²) in [5.74, 6) is 0.871. The number of fused-ring (bicyclic) bond motifs is 1. The van der Waals surface area contributed by atoms with Crippen LogP contribution in [0.5, 0.6) is 0 Å². The molecule has 2 N–H and O–H groups in total. The Labute approximate surface area is 102 Å². The number of nitrogens with two attached hydrogens (primary N) is 1. The summed E-state index contributed by atoms with van der Waals surface area (Å²) in [7, 11) is 0. The summed E-state index contributed by atoms with van der Waals surface area (Å²) in [6.07, 6.45) is 4.17. The minimum absolute atomic E-state index is 0.640. The largest absolute Gasteiger partial charge is 0.343 e. The molecule has 0 spiro atoms. The van der Waals surface area contributed by atoms with Crippen LogP contribution in [0.25, 0.3) is 10.9 Å². The van der Waals surface area contributed by atoms with Gasteiger partial charge in [0.05, 0.1) is 5.52 Å². The molecule has 2 heteroatoms. The molecule has 1 aromatic carbocycles. The van der Waals surface area contributed by atoms with Gasteiger partial charge in [-0.3, -0.25) is 0 Å². The molecule has 2 aromatic rings. The fourth-order valence-corrected chi connectivity index (χ4v) is 2.88. The van der Waals surface area contributed by atoms with Crippen molar-refractivity contribution in [1.82, 2.24) is 4.57 Å². The zero-order valence-corrected chi connectivity index (χ0v) is 10.4. The summed E-state index contributed by atoms with van der Waals surface area (Å²) in [6.45, 7) is 3.99. The van der Waals surface area contributed by atoms with Crippen molar-refractivity contribution in [3.05, 3.63) is 35.5 Å². The van der Waals surface area contributed by atoms with Crippen molar-refractivity contribution in [3.8, 4) is 0 Å². The molecule has 1 aliphatic rings. The normalized spacial score (nSPS) is 16.4. The highest BCUT2D eigenvalue weighted by Crippen LogP contribution is 2.31. The van der Waals surface area contributed by atoms with Gasteiger partial charge in [0.15, 0.2) is 0 Å².